The monoisotopic (exact) mass is 281 g/mol. The third kappa shape index (κ3) is 2.88. The second-order valence-electron chi connectivity index (χ2n) is 3.48. The largest absolute Gasteiger partial charge is 0.414 e. The molecule has 0 spiro atoms. The molecule has 2 rings (SSSR count). The van der Waals surface area contributed by atoms with E-state index in [0.717, 1.165) is 11.3 Å². The maximum atomic E-state index is 12.2. The lowest BCUT2D eigenvalue weighted by atomic mass is 10.2. The van der Waals surface area contributed by atoms with Gasteiger partial charge in [0, 0.05) is 11.4 Å². The number of hydrogen-bond acceptors (Lipinski definition) is 3. The molecule has 0 saturated heterocycles. The topological polar surface area (TPSA) is 33.1 Å². The van der Waals surface area contributed by atoms with Gasteiger partial charge in [-0.3, -0.25) is 0 Å². The van der Waals surface area contributed by atoms with Gasteiger partial charge in [-0.15, -0.1) is 11.3 Å². The molecule has 2 nitrogen and oxygen atoms in total. The van der Waals surface area contributed by atoms with Crippen LogP contribution in [-0.4, -0.2) is 22.4 Å². The molecule has 1 atom stereocenters. The lowest BCUT2D eigenvalue weighted by Crippen LogP contribution is -2.30. The molecule has 0 bridgehead atoms. The van der Waals surface area contributed by atoms with E-state index in [1.165, 1.54) is 0 Å². The van der Waals surface area contributed by atoms with Gasteiger partial charge in [0.05, 0.1) is 15.2 Å². The molecule has 2 aromatic rings. The van der Waals surface area contributed by atoms with Crippen molar-refractivity contribution in [2.45, 2.75) is 18.7 Å². The fourth-order valence-electron chi connectivity index (χ4n) is 1.31. The minimum atomic E-state index is -4.62. The Bertz CT molecular complexity index is 540. The standard InChI is InChI=1S/C10H7ClF3NOS/c11-5-1-2-6-7(3-5)17-9(15-6)4-8(16)10(12,13)14/h1-3,8,16H,4H2. The van der Waals surface area contributed by atoms with Crippen LogP contribution in [0.25, 0.3) is 10.2 Å². The van der Waals surface area contributed by atoms with Crippen molar-refractivity contribution in [3.05, 3.63) is 28.2 Å². The Balaban J connectivity index is 2.25. The molecule has 17 heavy (non-hydrogen) atoms. The Morgan fingerprint density at radius 2 is 2.12 bits per heavy atom. The van der Waals surface area contributed by atoms with Crippen molar-refractivity contribution in [3.8, 4) is 0 Å². The quantitative estimate of drug-likeness (QED) is 0.915. The first-order valence-corrected chi connectivity index (χ1v) is 5.85. The number of thiazole rings is 1. The summed E-state index contributed by atoms with van der Waals surface area (Å²) in [4.78, 5) is 4.01. The Hall–Kier alpha value is -0.850. The number of hydrogen-bond donors (Lipinski definition) is 1. The summed E-state index contributed by atoms with van der Waals surface area (Å²) in [7, 11) is 0. The molecule has 7 heteroatoms. The van der Waals surface area contributed by atoms with E-state index in [2.05, 4.69) is 4.98 Å². The van der Waals surface area contributed by atoms with E-state index in [1.54, 1.807) is 18.2 Å². The van der Waals surface area contributed by atoms with Crippen molar-refractivity contribution < 1.29 is 18.3 Å². The molecule has 0 saturated carbocycles. The first-order chi connectivity index (χ1) is 7.86. The number of alkyl halides is 3. The Kier molecular flexibility index (Phi) is 3.29. The Morgan fingerprint density at radius 1 is 1.41 bits per heavy atom. The SMILES string of the molecule is OC(Cc1nc2ccc(Cl)cc2s1)C(F)(F)F. The fraction of sp³-hybridized carbons (Fsp3) is 0.300. The molecule has 0 amide bonds. The third-order valence-corrected chi connectivity index (χ3v) is 3.42. The molecule has 92 valence electrons. The van der Waals surface area contributed by atoms with Crippen molar-refractivity contribution in [3.63, 3.8) is 0 Å². The second-order valence-corrected chi connectivity index (χ2v) is 5.03. The molecule has 0 fully saturated rings. The summed E-state index contributed by atoms with van der Waals surface area (Å²) in [5.74, 6) is 0. The molecule has 0 aliphatic rings. The van der Waals surface area contributed by atoms with E-state index in [-0.39, 0.29) is 5.01 Å². The zero-order valence-electron chi connectivity index (χ0n) is 8.33. The molecular formula is C10H7ClF3NOS. The predicted molar refractivity (Wildman–Crippen MR) is 60.4 cm³/mol. The number of aromatic nitrogens is 1. The van der Waals surface area contributed by atoms with Gasteiger partial charge in [0.2, 0.25) is 0 Å². The van der Waals surface area contributed by atoms with E-state index >= 15 is 0 Å². The minimum Gasteiger partial charge on any atom is -0.383 e. The third-order valence-electron chi connectivity index (χ3n) is 2.14. The van der Waals surface area contributed by atoms with E-state index in [4.69, 9.17) is 16.7 Å². The number of aliphatic hydroxyl groups excluding tert-OH is 1. The average Bonchev–Trinajstić information content (AvgIpc) is 2.57. The molecule has 0 aliphatic carbocycles. The molecule has 0 radical (unpaired) electrons. The van der Waals surface area contributed by atoms with E-state index < -0.39 is 18.7 Å². The van der Waals surface area contributed by atoms with E-state index in [0.29, 0.717) is 15.2 Å². The zero-order valence-corrected chi connectivity index (χ0v) is 9.90. The van der Waals surface area contributed by atoms with Gasteiger partial charge in [0.1, 0.15) is 0 Å². The van der Waals surface area contributed by atoms with Crippen LogP contribution in [-0.2, 0) is 6.42 Å². The van der Waals surface area contributed by atoms with Gasteiger partial charge in [-0.05, 0) is 18.2 Å². The van der Waals surface area contributed by atoms with Crippen LogP contribution in [0.3, 0.4) is 0 Å². The second kappa shape index (κ2) is 4.44. The van der Waals surface area contributed by atoms with Crippen molar-refractivity contribution >= 4 is 33.2 Å². The van der Waals surface area contributed by atoms with Gasteiger partial charge < -0.3 is 5.11 Å². The molecule has 1 aromatic heterocycles. The number of aliphatic hydroxyl groups is 1. The van der Waals surface area contributed by atoms with Crippen LogP contribution in [0.15, 0.2) is 18.2 Å². The number of benzene rings is 1. The molecule has 1 N–H and O–H groups in total. The van der Waals surface area contributed by atoms with Gasteiger partial charge in [0.15, 0.2) is 6.10 Å². The smallest absolute Gasteiger partial charge is 0.383 e. The van der Waals surface area contributed by atoms with E-state index in [9.17, 15) is 13.2 Å². The van der Waals surface area contributed by atoms with Gasteiger partial charge >= 0.3 is 6.18 Å². The molecule has 1 heterocycles. The Labute approximate surface area is 104 Å². The summed E-state index contributed by atoms with van der Waals surface area (Å²) in [5, 5.41) is 9.68. The van der Waals surface area contributed by atoms with Crippen molar-refractivity contribution in [1.82, 2.24) is 4.98 Å². The van der Waals surface area contributed by atoms with Crippen LogP contribution in [0.1, 0.15) is 5.01 Å². The summed E-state index contributed by atoms with van der Waals surface area (Å²) in [6, 6.07) is 4.89. The molecule has 1 unspecified atom stereocenters. The average molecular weight is 282 g/mol. The first kappa shape index (κ1) is 12.6. The van der Waals surface area contributed by atoms with Crippen LogP contribution in [0.2, 0.25) is 5.02 Å². The van der Waals surface area contributed by atoms with Crippen LogP contribution in [0, 0.1) is 0 Å². The van der Waals surface area contributed by atoms with Gasteiger partial charge in [0.25, 0.3) is 0 Å². The number of halogens is 4. The Morgan fingerprint density at radius 3 is 2.76 bits per heavy atom. The van der Waals surface area contributed by atoms with Crippen LogP contribution in [0.4, 0.5) is 13.2 Å². The van der Waals surface area contributed by atoms with Gasteiger partial charge in [-0.25, -0.2) is 4.98 Å². The zero-order chi connectivity index (χ0) is 12.6. The normalized spacial score (nSPS) is 14.2. The van der Waals surface area contributed by atoms with Gasteiger partial charge in [-0.1, -0.05) is 11.6 Å². The molecular weight excluding hydrogens is 275 g/mol. The van der Waals surface area contributed by atoms with Crippen molar-refractivity contribution in [2.24, 2.45) is 0 Å². The summed E-state index contributed by atoms with van der Waals surface area (Å²) in [6.45, 7) is 0. The van der Waals surface area contributed by atoms with Gasteiger partial charge in [-0.2, -0.15) is 13.2 Å². The molecule has 1 aromatic carbocycles. The summed E-state index contributed by atoms with van der Waals surface area (Å²) < 4.78 is 37.2. The lowest BCUT2D eigenvalue weighted by Gasteiger charge is -2.12. The molecule has 0 aliphatic heterocycles. The first-order valence-electron chi connectivity index (χ1n) is 4.66. The van der Waals surface area contributed by atoms with Crippen LogP contribution < -0.4 is 0 Å². The summed E-state index contributed by atoms with van der Waals surface area (Å²) in [5.41, 5.74) is 0.587. The minimum absolute atomic E-state index is 0.243. The number of fused-ring (bicyclic) bond motifs is 1. The highest BCUT2D eigenvalue weighted by molar-refractivity contribution is 7.18. The highest BCUT2D eigenvalue weighted by atomic mass is 35.5. The van der Waals surface area contributed by atoms with Crippen molar-refractivity contribution in [1.29, 1.82) is 0 Å². The van der Waals surface area contributed by atoms with Crippen molar-refractivity contribution in [2.75, 3.05) is 0 Å². The maximum absolute atomic E-state index is 12.2. The number of nitrogens with zero attached hydrogens (tertiary/aromatic N) is 1. The highest BCUT2D eigenvalue weighted by Crippen LogP contribution is 2.29. The van der Waals surface area contributed by atoms with Crippen LogP contribution in [0.5, 0.6) is 0 Å². The summed E-state index contributed by atoms with van der Waals surface area (Å²) >= 11 is 6.86. The van der Waals surface area contributed by atoms with Crippen LogP contribution >= 0.6 is 22.9 Å². The number of rotatable bonds is 2. The highest BCUT2D eigenvalue weighted by Gasteiger charge is 2.38. The summed E-state index contributed by atoms with van der Waals surface area (Å²) in [6.07, 6.45) is -7.52. The van der Waals surface area contributed by atoms with E-state index in [1.807, 2.05) is 0 Å². The predicted octanol–water partition coefficient (Wildman–Crippen LogP) is 3.42. The fourth-order valence-corrected chi connectivity index (χ4v) is 2.59. The lowest BCUT2D eigenvalue weighted by molar-refractivity contribution is -0.203. The maximum Gasteiger partial charge on any atom is 0.414 e.